The van der Waals surface area contributed by atoms with Crippen molar-refractivity contribution >= 4 is 27.5 Å². The van der Waals surface area contributed by atoms with Crippen LogP contribution in [0.4, 0.5) is 5.69 Å². The van der Waals surface area contributed by atoms with Gasteiger partial charge in [-0.25, -0.2) is 0 Å². The first kappa shape index (κ1) is 16.3. The number of anilines is 1. The van der Waals surface area contributed by atoms with Gasteiger partial charge in [0.25, 0.3) is 11.7 Å². The summed E-state index contributed by atoms with van der Waals surface area (Å²) in [6, 6.07) is 12.9. The Morgan fingerprint density at radius 1 is 1.12 bits per heavy atom. The van der Waals surface area contributed by atoms with Gasteiger partial charge in [-0.1, -0.05) is 12.1 Å². The first-order valence-electron chi connectivity index (χ1n) is 8.33. The van der Waals surface area contributed by atoms with Crippen molar-refractivity contribution in [1.29, 1.82) is 0 Å². The molecule has 0 radical (unpaired) electrons. The van der Waals surface area contributed by atoms with Crippen LogP contribution in [-0.4, -0.2) is 18.3 Å². The minimum absolute atomic E-state index is 0.0685. The SMILES string of the molecule is O=C(COc1ccccc1Br)Nc1ccc2c(c1)OC1(CCCC1)O2. The smallest absolute Gasteiger partial charge is 0.262 e. The lowest BCUT2D eigenvalue weighted by Crippen LogP contribution is -2.34. The number of carbonyl (C=O) groups excluding carboxylic acids is 1. The zero-order valence-electron chi connectivity index (χ0n) is 13.6. The first-order valence-corrected chi connectivity index (χ1v) is 9.12. The molecule has 1 fully saturated rings. The molecule has 2 aromatic rings. The summed E-state index contributed by atoms with van der Waals surface area (Å²) in [5, 5.41) is 2.83. The molecule has 6 heteroatoms. The second-order valence-electron chi connectivity index (χ2n) is 6.25. The van der Waals surface area contributed by atoms with Crippen molar-refractivity contribution in [2.45, 2.75) is 31.5 Å². The van der Waals surface area contributed by atoms with E-state index in [9.17, 15) is 4.79 Å². The molecular weight excluding hydrogens is 386 g/mol. The molecule has 1 heterocycles. The van der Waals surface area contributed by atoms with E-state index in [-0.39, 0.29) is 12.5 Å². The number of ether oxygens (including phenoxy) is 3. The third-order valence-electron chi connectivity index (χ3n) is 4.38. The molecule has 0 bridgehead atoms. The van der Waals surface area contributed by atoms with Crippen LogP contribution in [0.2, 0.25) is 0 Å². The van der Waals surface area contributed by atoms with Crippen molar-refractivity contribution in [1.82, 2.24) is 0 Å². The molecule has 0 unspecified atom stereocenters. The normalized spacial score (nSPS) is 16.8. The lowest BCUT2D eigenvalue weighted by molar-refractivity contribution is -0.118. The van der Waals surface area contributed by atoms with E-state index in [1.165, 1.54) is 0 Å². The fourth-order valence-electron chi connectivity index (χ4n) is 3.19. The van der Waals surface area contributed by atoms with Gasteiger partial charge in [-0.2, -0.15) is 0 Å². The molecule has 4 rings (SSSR count). The van der Waals surface area contributed by atoms with Crippen molar-refractivity contribution in [3.05, 3.63) is 46.9 Å². The van der Waals surface area contributed by atoms with Gasteiger partial charge in [0.1, 0.15) is 5.75 Å². The maximum Gasteiger partial charge on any atom is 0.262 e. The van der Waals surface area contributed by atoms with Crippen LogP contribution in [0.25, 0.3) is 0 Å². The zero-order chi connectivity index (χ0) is 17.3. The molecule has 1 aliphatic carbocycles. The summed E-state index contributed by atoms with van der Waals surface area (Å²) < 4.78 is 18.3. The largest absolute Gasteiger partial charge is 0.483 e. The fraction of sp³-hybridized carbons (Fsp3) is 0.316. The standard InChI is InChI=1S/C19H18BrNO4/c20-14-5-1-2-6-15(14)23-12-18(22)21-13-7-8-16-17(11-13)25-19(24-16)9-3-4-10-19/h1-2,5-8,11H,3-4,9-10,12H2,(H,21,22). The topological polar surface area (TPSA) is 56.8 Å². The Morgan fingerprint density at radius 3 is 2.68 bits per heavy atom. The number of hydrogen-bond acceptors (Lipinski definition) is 4. The number of halogens is 1. The van der Waals surface area contributed by atoms with Gasteiger partial charge in [-0.05, 0) is 53.0 Å². The Hall–Kier alpha value is -2.21. The van der Waals surface area contributed by atoms with E-state index in [1.807, 2.05) is 30.3 Å². The Morgan fingerprint density at radius 2 is 1.88 bits per heavy atom. The Balaban J connectivity index is 1.37. The summed E-state index contributed by atoms with van der Waals surface area (Å²) in [4.78, 5) is 12.1. The molecule has 130 valence electrons. The molecule has 1 N–H and O–H groups in total. The minimum Gasteiger partial charge on any atom is -0.483 e. The van der Waals surface area contributed by atoms with E-state index in [4.69, 9.17) is 14.2 Å². The van der Waals surface area contributed by atoms with E-state index < -0.39 is 5.79 Å². The summed E-state index contributed by atoms with van der Waals surface area (Å²) in [6.07, 6.45) is 4.04. The predicted molar refractivity (Wildman–Crippen MR) is 97.2 cm³/mol. The van der Waals surface area contributed by atoms with Crippen LogP contribution < -0.4 is 19.5 Å². The fourth-order valence-corrected chi connectivity index (χ4v) is 3.59. The summed E-state index contributed by atoms with van der Waals surface area (Å²) in [5.41, 5.74) is 0.665. The lowest BCUT2D eigenvalue weighted by atomic mass is 10.2. The van der Waals surface area contributed by atoms with Gasteiger partial charge in [0.05, 0.1) is 4.47 Å². The van der Waals surface area contributed by atoms with Gasteiger partial charge in [-0.15, -0.1) is 0 Å². The molecule has 25 heavy (non-hydrogen) atoms. The Kier molecular flexibility index (Phi) is 4.29. The highest BCUT2D eigenvalue weighted by Gasteiger charge is 2.44. The van der Waals surface area contributed by atoms with E-state index in [2.05, 4.69) is 21.2 Å². The highest BCUT2D eigenvalue weighted by molar-refractivity contribution is 9.10. The summed E-state index contributed by atoms with van der Waals surface area (Å²) >= 11 is 3.39. The Bertz CT molecular complexity index is 802. The predicted octanol–water partition coefficient (Wildman–Crippen LogP) is 4.51. The van der Waals surface area contributed by atoms with Crippen molar-refractivity contribution in [2.75, 3.05) is 11.9 Å². The number of fused-ring (bicyclic) bond motifs is 1. The van der Waals surface area contributed by atoms with Gasteiger partial charge in [0, 0.05) is 24.6 Å². The molecule has 5 nitrogen and oxygen atoms in total. The molecule has 0 saturated heterocycles. The van der Waals surface area contributed by atoms with Gasteiger partial charge < -0.3 is 19.5 Å². The summed E-state index contributed by atoms with van der Waals surface area (Å²) in [5.74, 6) is 1.33. The summed E-state index contributed by atoms with van der Waals surface area (Å²) in [6.45, 7) is -0.0685. The van der Waals surface area contributed by atoms with E-state index >= 15 is 0 Å². The molecular formula is C19H18BrNO4. The zero-order valence-corrected chi connectivity index (χ0v) is 15.2. The van der Waals surface area contributed by atoms with Crippen LogP contribution in [-0.2, 0) is 4.79 Å². The van der Waals surface area contributed by atoms with Crippen molar-refractivity contribution in [3.63, 3.8) is 0 Å². The number of hydrogen-bond donors (Lipinski definition) is 1. The molecule has 1 aliphatic heterocycles. The molecule has 1 amide bonds. The van der Waals surface area contributed by atoms with Crippen molar-refractivity contribution < 1.29 is 19.0 Å². The van der Waals surface area contributed by atoms with Gasteiger partial charge >= 0.3 is 0 Å². The lowest BCUT2D eigenvalue weighted by Gasteiger charge is -2.21. The minimum atomic E-state index is -0.492. The average molecular weight is 404 g/mol. The highest BCUT2D eigenvalue weighted by atomic mass is 79.9. The maximum absolute atomic E-state index is 12.1. The number of nitrogens with one attached hydrogen (secondary N) is 1. The van der Waals surface area contributed by atoms with Crippen LogP contribution in [0.1, 0.15) is 25.7 Å². The van der Waals surface area contributed by atoms with E-state index in [1.54, 1.807) is 12.1 Å². The average Bonchev–Trinajstić information content (AvgIpc) is 3.20. The van der Waals surface area contributed by atoms with E-state index in [0.29, 0.717) is 17.2 Å². The number of rotatable bonds is 4. The van der Waals surface area contributed by atoms with Gasteiger partial charge in [0.2, 0.25) is 0 Å². The second-order valence-corrected chi connectivity index (χ2v) is 7.11. The summed E-state index contributed by atoms with van der Waals surface area (Å²) in [7, 11) is 0. The monoisotopic (exact) mass is 403 g/mol. The molecule has 1 saturated carbocycles. The molecule has 0 atom stereocenters. The third kappa shape index (κ3) is 3.44. The first-order chi connectivity index (χ1) is 12.1. The van der Waals surface area contributed by atoms with Crippen LogP contribution in [0.5, 0.6) is 17.2 Å². The van der Waals surface area contributed by atoms with Crippen LogP contribution >= 0.6 is 15.9 Å². The number of benzene rings is 2. The van der Waals surface area contributed by atoms with Crippen molar-refractivity contribution in [2.24, 2.45) is 0 Å². The van der Waals surface area contributed by atoms with Crippen molar-refractivity contribution in [3.8, 4) is 17.2 Å². The Labute approximate surface area is 154 Å². The number of para-hydroxylation sites is 1. The molecule has 0 aromatic heterocycles. The van der Waals surface area contributed by atoms with Crippen LogP contribution in [0.15, 0.2) is 46.9 Å². The molecule has 1 spiro atoms. The molecule has 2 aliphatic rings. The number of carbonyl (C=O) groups is 1. The van der Waals surface area contributed by atoms with E-state index in [0.717, 1.165) is 35.9 Å². The van der Waals surface area contributed by atoms with Gasteiger partial charge in [-0.3, -0.25) is 4.79 Å². The quantitative estimate of drug-likeness (QED) is 0.815. The van der Waals surface area contributed by atoms with Crippen LogP contribution in [0.3, 0.4) is 0 Å². The third-order valence-corrected chi connectivity index (χ3v) is 5.04. The van der Waals surface area contributed by atoms with Crippen LogP contribution in [0, 0.1) is 0 Å². The maximum atomic E-state index is 12.1. The molecule has 2 aromatic carbocycles. The number of amides is 1. The van der Waals surface area contributed by atoms with Gasteiger partial charge in [0.15, 0.2) is 18.1 Å². The second kappa shape index (κ2) is 6.59. The highest BCUT2D eigenvalue weighted by Crippen LogP contribution is 2.47.